The topological polar surface area (TPSA) is 30.0 Å². The molecule has 3 rings (SSSR count). The summed E-state index contributed by atoms with van der Waals surface area (Å²) in [5, 5.41) is 11.6. The standard InChI is InChI=1S/C17H29N3OS/c1-18-7-4-15(5-8-18)20-10-9-19(13-16(20)6-11-21)14-17-3-2-12-22-17/h2-3,12,15-16,21H,4-11,13-14H2,1H3/t16-/m0/s1. The molecule has 0 aliphatic carbocycles. The maximum Gasteiger partial charge on any atom is 0.0446 e. The quantitative estimate of drug-likeness (QED) is 0.893. The molecule has 0 amide bonds. The van der Waals surface area contributed by atoms with Crippen LogP contribution in [0.2, 0.25) is 0 Å². The Morgan fingerprint density at radius 2 is 2.05 bits per heavy atom. The third kappa shape index (κ3) is 4.09. The minimum atomic E-state index is 0.306. The van der Waals surface area contributed by atoms with E-state index in [0.717, 1.165) is 38.6 Å². The molecule has 2 fully saturated rings. The van der Waals surface area contributed by atoms with Crippen LogP contribution >= 0.6 is 11.3 Å². The normalized spacial score (nSPS) is 26.5. The molecule has 0 aromatic carbocycles. The molecule has 1 aromatic rings. The van der Waals surface area contributed by atoms with Gasteiger partial charge in [0, 0.05) is 49.7 Å². The molecule has 0 unspecified atom stereocenters. The summed E-state index contributed by atoms with van der Waals surface area (Å²) < 4.78 is 0. The number of piperazine rings is 1. The first-order valence-corrected chi connectivity index (χ1v) is 9.44. The van der Waals surface area contributed by atoms with E-state index in [0.29, 0.717) is 12.6 Å². The predicted molar refractivity (Wildman–Crippen MR) is 92.3 cm³/mol. The monoisotopic (exact) mass is 323 g/mol. The molecule has 2 aliphatic heterocycles. The highest BCUT2D eigenvalue weighted by molar-refractivity contribution is 7.09. The van der Waals surface area contributed by atoms with Gasteiger partial charge in [0.25, 0.3) is 0 Å². The van der Waals surface area contributed by atoms with E-state index in [9.17, 15) is 5.11 Å². The van der Waals surface area contributed by atoms with Gasteiger partial charge >= 0.3 is 0 Å². The van der Waals surface area contributed by atoms with E-state index in [2.05, 4.69) is 39.3 Å². The van der Waals surface area contributed by atoms with E-state index in [1.54, 1.807) is 0 Å². The van der Waals surface area contributed by atoms with Crippen LogP contribution in [-0.2, 0) is 6.54 Å². The fraction of sp³-hybridized carbons (Fsp3) is 0.765. The van der Waals surface area contributed by atoms with Crippen molar-refractivity contribution in [2.45, 2.75) is 37.9 Å². The first kappa shape index (κ1) is 16.4. The van der Waals surface area contributed by atoms with Crippen molar-refractivity contribution in [1.29, 1.82) is 0 Å². The van der Waals surface area contributed by atoms with Gasteiger partial charge in [0.2, 0.25) is 0 Å². The van der Waals surface area contributed by atoms with Gasteiger partial charge < -0.3 is 10.0 Å². The zero-order valence-electron chi connectivity index (χ0n) is 13.7. The van der Waals surface area contributed by atoms with Gasteiger partial charge in [0.05, 0.1) is 0 Å². The first-order valence-electron chi connectivity index (χ1n) is 8.56. The molecular weight excluding hydrogens is 294 g/mol. The van der Waals surface area contributed by atoms with Crippen LogP contribution in [0.25, 0.3) is 0 Å². The zero-order chi connectivity index (χ0) is 15.4. The van der Waals surface area contributed by atoms with Crippen LogP contribution in [0.1, 0.15) is 24.1 Å². The maximum atomic E-state index is 9.47. The second kappa shape index (κ2) is 7.88. The summed E-state index contributed by atoms with van der Waals surface area (Å²) >= 11 is 1.85. The number of thiophene rings is 1. The molecule has 3 heterocycles. The molecule has 0 saturated carbocycles. The molecule has 5 heteroatoms. The molecule has 0 bridgehead atoms. The molecule has 2 aliphatic rings. The summed E-state index contributed by atoms with van der Waals surface area (Å²) in [6, 6.07) is 5.61. The Morgan fingerprint density at radius 3 is 2.73 bits per heavy atom. The Labute approximate surface area is 138 Å². The lowest BCUT2D eigenvalue weighted by Gasteiger charge is -2.47. The van der Waals surface area contributed by atoms with Gasteiger partial charge in [-0.3, -0.25) is 9.80 Å². The Kier molecular flexibility index (Phi) is 5.88. The largest absolute Gasteiger partial charge is 0.396 e. The molecule has 4 nitrogen and oxygen atoms in total. The average Bonchev–Trinajstić information content (AvgIpc) is 3.02. The smallest absolute Gasteiger partial charge is 0.0446 e. The summed E-state index contributed by atoms with van der Waals surface area (Å²) in [6.07, 6.45) is 3.47. The van der Waals surface area contributed by atoms with E-state index < -0.39 is 0 Å². The SMILES string of the molecule is CN1CCC(N2CCN(Cc3cccs3)C[C@@H]2CCO)CC1. The molecular formula is C17H29N3OS. The van der Waals surface area contributed by atoms with Crippen molar-refractivity contribution in [3.05, 3.63) is 22.4 Å². The van der Waals surface area contributed by atoms with Crippen molar-refractivity contribution < 1.29 is 5.11 Å². The molecule has 1 aromatic heterocycles. The van der Waals surface area contributed by atoms with Crippen molar-refractivity contribution in [3.63, 3.8) is 0 Å². The summed E-state index contributed by atoms with van der Waals surface area (Å²) in [4.78, 5) is 9.16. The third-order valence-corrected chi connectivity index (χ3v) is 6.05. The summed E-state index contributed by atoms with van der Waals surface area (Å²) in [5.74, 6) is 0. The number of rotatable bonds is 5. The number of aliphatic hydroxyl groups excluding tert-OH is 1. The van der Waals surface area contributed by atoms with Gasteiger partial charge in [-0.2, -0.15) is 0 Å². The fourth-order valence-electron chi connectivity index (χ4n) is 3.91. The van der Waals surface area contributed by atoms with Crippen molar-refractivity contribution >= 4 is 11.3 Å². The highest BCUT2D eigenvalue weighted by Crippen LogP contribution is 2.24. The van der Waals surface area contributed by atoms with Gasteiger partial charge in [-0.25, -0.2) is 0 Å². The van der Waals surface area contributed by atoms with Crippen molar-refractivity contribution in [3.8, 4) is 0 Å². The second-order valence-corrected chi connectivity index (χ2v) is 7.79. The number of hydrogen-bond donors (Lipinski definition) is 1. The number of likely N-dealkylation sites (tertiary alicyclic amines) is 1. The Morgan fingerprint density at radius 1 is 1.23 bits per heavy atom. The van der Waals surface area contributed by atoms with E-state index >= 15 is 0 Å². The fourth-order valence-corrected chi connectivity index (χ4v) is 4.66. The number of aliphatic hydroxyl groups is 1. The van der Waals surface area contributed by atoms with Crippen LogP contribution in [-0.4, -0.2) is 78.3 Å². The van der Waals surface area contributed by atoms with Crippen LogP contribution in [0.4, 0.5) is 0 Å². The van der Waals surface area contributed by atoms with Crippen molar-refractivity contribution in [1.82, 2.24) is 14.7 Å². The van der Waals surface area contributed by atoms with E-state index in [1.807, 2.05) is 11.3 Å². The van der Waals surface area contributed by atoms with Crippen molar-refractivity contribution in [2.24, 2.45) is 0 Å². The maximum absolute atomic E-state index is 9.47. The number of piperidine rings is 1. The molecule has 2 saturated heterocycles. The van der Waals surface area contributed by atoms with Gasteiger partial charge in [0.15, 0.2) is 0 Å². The van der Waals surface area contributed by atoms with E-state index in [1.165, 1.54) is 30.8 Å². The summed E-state index contributed by atoms with van der Waals surface area (Å²) in [6.45, 7) is 7.22. The lowest BCUT2D eigenvalue weighted by Crippen LogP contribution is -2.58. The molecule has 0 spiro atoms. The lowest BCUT2D eigenvalue weighted by molar-refractivity contribution is 0.00629. The van der Waals surface area contributed by atoms with E-state index in [4.69, 9.17) is 0 Å². The molecule has 1 N–H and O–H groups in total. The number of hydrogen-bond acceptors (Lipinski definition) is 5. The zero-order valence-corrected chi connectivity index (χ0v) is 14.5. The minimum absolute atomic E-state index is 0.306. The summed E-state index contributed by atoms with van der Waals surface area (Å²) in [5.41, 5.74) is 0. The van der Waals surface area contributed by atoms with Crippen LogP contribution in [0.5, 0.6) is 0 Å². The third-order valence-electron chi connectivity index (χ3n) is 5.19. The molecule has 124 valence electrons. The Balaban J connectivity index is 1.58. The van der Waals surface area contributed by atoms with E-state index in [-0.39, 0.29) is 0 Å². The molecule has 0 radical (unpaired) electrons. The van der Waals surface area contributed by atoms with Crippen LogP contribution in [0.3, 0.4) is 0 Å². The van der Waals surface area contributed by atoms with Gasteiger partial charge in [-0.15, -0.1) is 11.3 Å². The van der Waals surface area contributed by atoms with Gasteiger partial charge in [0.1, 0.15) is 0 Å². The van der Waals surface area contributed by atoms with Gasteiger partial charge in [-0.05, 0) is 50.8 Å². The van der Waals surface area contributed by atoms with Crippen LogP contribution in [0.15, 0.2) is 17.5 Å². The average molecular weight is 324 g/mol. The highest BCUT2D eigenvalue weighted by Gasteiger charge is 2.32. The molecule has 22 heavy (non-hydrogen) atoms. The van der Waals surface area contributed by atoms with Crippen molar-refractivity contribution in [2.75, 3.05) is 46.4 Å². The summed E-state index contributed by atoms with van der Waals surface area (Å²) in [7, 11) is 2.22. The number of nitrogens with zero attached hydrogens (tertiary/aromatic N) is 3. The highest BCUT2D eigenvalue weighted by atomic mass is 32.1. The lowest BCUT2D eigenvalue weighted by atomic mass is 9.98. The first-order chi connectivity index (χ1) is 10.8. The molecule has 1 atom stereocenters. The van der Waals surface area contributed by atoms with Crippen LogP contribution in [0, 0.1) is 0 Å². The Hall–Kier alpha value is -0.460. The van der Waals surface area contributed by atoms with Gasteiger partial charge in [-0.1, -0.05) is 6.07 Å². The van der Waals surface area contributed by atoms with Crippen LogP contribution < -0.4 is 0 Å². The second-order valence-electron chi connectivity index (χ2n) is 6.75. The minimum Gasteiger partial charge on any atom is -0.396 e. The Bertz CT molecular complexity index is 431. The predicted octanol–water partition coefficient (Wildman–Crippen LogP) is 1.71.